The molecule has 1 N–H and O–H groups in total. The SMILES string of the molecule is COP(=O)(OC)C(O)c1cccs1. The highest BCUT2D eigenvalue weighted by atomic mass is 32.1. The van der Waals surface area contributed by atoms with Crippen LogP contribution in [0.2, 0.25) is 0 Å². The molecule has 4 nitrogen and oxygen atoms in total. The fourth-order valence-electron chi connectivity index (χ4n) is 0.868. The van der Waals surface area contributed by atoms with Crippen molar-refractivity contribution in [3.05, 3.63) is 22.4 Å². The molecule has 1 aromatic heterocycles. The standard InChI is InChI=1S/C7H11O4PS/c1-10-12(9,11-2)7(8)6-4-3-5-13-6/h3-5,7-8H,1-2H3. The molecule has 0 saturated heterocycles. The lowest BCUT2D eigenvalue weighted by atomic mass is 10.5. The molecule has 0 radical (unpaired) electrons. The number of aliphatic hydroxyl groups is 1. The maximum Gasteiger partial charge on any atom is 0.363 e. The summed E-state index contributed by atoms with van der Waals surface area (Å²) in [6.07, 6.45) is 0. The van der Waals surface area contributed by atoms with E-state index in [9.17, 15) is 9.67 Å². The first-order valence-electron chi connectivity index (χ1n) is 3.56. The Morgan fingerprint density at radius 3 is 2.54 bits per heavy atom. The minimum absolute atomic E-state index is 0.576. The summed E-state index contributed by atoms with van der Waals surface area (Å²) in [5.74, 6) is -1.19. The summed E-state index contributed by atoms with van der Waals surface area (Å²) in [6, 6.07) is 3.44. The highest BCUT2D eigenvalue weighted by Gasteiger charge is 2.34. The fraction of sp³-hybridized carbons (Fsp3) is 0.429. The van der Waals surface area contributed by atoms with Gasteiger partial charge in [0.25, 0.3) is 0 Å². The van der Waals surface area contributed by atoms with E-state index in [1.54, 1.807) is 17.5 Å². The molecule has 0 spiro atoms. The van der Waals surface area contributed by atoms with Crippen LogP contribution in [0.5, 0.6) is 0 Å². The second kappa shape index (κ2) is 4.35. The monoisotopic (exact) mass is 222 g/mol. The quantitative estimate of drug-likeness (QED) is 0.793. The third-order valence-electron chi connectivity index (χ3n) is 1.61. The number of hydrogen-bond acceptors (Lipinski definition) is 5. The summed E-state index contributed by atoms with van der Waals surface area (Å²) in [6.45, 7) is 0. The number of hydrogen-bond donors (Lipinski definition) is 1. The minimum atomic E-state index is -3.39. The Balaban J connectivity index is 2.89. The Kier molecular flexibility index (Phi) is 3.64. The van der Waals surface area contributed by atoms with Crippen LogP contribution in [0.4, 0.5) is 0 Å². The van der Waals surface area contributed by atoms with Crippen molar-refractivity contribution in [2.24, 2.45) is 0 Å². The van der Waals surface area contributed by atoms with Gasteiger partial charge >= 0.3 is 7.60 Å². The van der Waals surface area contributed by atoms with Gasteiger partial charge in [-0.2, -0.15) is 0 Å². The van der Waals surface area contributed by atoms with Gasteiger partial charge in [0.2, 0.25) is 0 Å². The van der Waals surface area contributed by atoms with E-state index in [2.05, 4.69) is 9.05 Å². The van der Waals surface area contributed by atoms with Gasteiger partial charge in [0.15, 0.2) is 5.85 Å². The largest absolute Gasteiger partial charge is 0.376 e. The van der Waals surface area contributed by atoms with Crippen LogP contribution >= 0.6 is 18.9 Å². The lowest BCUT2D eigenvalue weighted by Gasteiger charge is -2.18. The van der Waals surface area contributed by atoms with Crippen molar-refractivity contribution in [1.82, 2.24) is 0 Å². The van der Waals surface area contributed by atoms with E-state index < -0.39 is 13.4 Å². The average molecular weight is 222 g/mol. The van der Waals surface area contributed by atoms with Gasteiger partial charge in [0.1, 0.15) is 0 Å². The van der Waals surface area contributed by atoms with Crippen molar-refractivity contribution < 1.29 is 18.7 Å². The van der Waals surface area contributed by atoms with E-state index in [1.807, 2.05) is 0 Å². The van der Waals surface area contributed by atoms with Gasteiger partial charge in [-0.05, 0) is 11.4 Å². The zero-order chi connectivity index (χ0) is 9.90. The first kappa shape index (κ1) is 10.9. The van der Waals surface area contributed by atoms with Crippen LogP contribution in [0, 0.1) is 0 Å². The van der Waals surface area contributed by atoms with Crippen LogP contribution in [0.25, 0.3) is 0 Å². The Morgan fingerprint density at radius 2 is 2.15 bits per heavy atom. The molecule has 6 heteroatoms. The van der Waals surface area contributed by atoms with Crippen LogP contribution in [0.15, 0.2) is 17.5 Å². The van der Waals surface area contributed by atoms with Crippen LogP contribution in [-0.2, 0) is 13.6 Å². The summed E-state index contributed by atoms with van der Waals surface area (Å²) >= 11 is 1.31. The van der Waals surface area contributed by atoms with E-state index in [4.69, 9.17) is 0 Å². The summed E-state index contributed by atoms with van der Waals surface area (Å²) in [7, 11) is -0.893. The molecule has 1 atom stereocenters. The highest BCUT2D eigenvalue weighted by Crippen LogP contribution is 2.58. The van der Waals surface area contributed by atoms with Crippen LogP contribution in [0.3, 0.4) is 0 Å². The summed E-state index contributed by atoms with van der Waals surface area (Å²) < 4.78 is 21.0. The molecule has 0 aliphatic carbocycles. The first-order chi connectivity index (χ1) is 6.14. The molecule has 1 heterocycles. The van der Waals surface area contributed by atoms with Gasteiger partial charge in [-0.25, -0.2) is 0 Å². The Morgan fingerprint density at radius 1 is 1.54 bits per heavy atom. The summed E-state index contributed by atoms with van der Waals surface area (Å²) in [4.78, 5) is 0.576. The van der Waals surface area contributed by atoms with E-state index in [1.165, 1.54) is 25.6 Å². The molecule has 0 bridgehead atoms. The third kappa shape index (κ3) is 2.18. The summed E-state index contributed by atoms with van der Waals surface area (Å²) in [5.41, 5.74) is 0. The lowest BCUT2D eigenvalue weighted by molar-refractivity contribution is 0.178. The van der Waals surface area contributed by atoms with Crippen molar-refractivity contribution in [3.8, 4) is 0 Å². The molecule has 0 fully saturated rings. The van der Waals surface area contributed by atoms with E-state index in [0.29, 0.717) is 4.88 Å². The molecule has 1 aromatic rings. The van der Waals surface area contributed by atoms with Crippen LogP contribution < -0.4 is 0 Å². The smallest absolute Gasteiger partial charge is 0.363 e. The number of thiophene rings is 1. The molecule has 0 aromatic carbocycles. The van der Waals surface area contributed by atoms with E-state index in [0.717, 1.165) is 0 Å². The predicted molar refractivity (Wildman–Crippen MR) is 50.9 cm³/mol. The Bertz CT molecular complexity index is 289. The van der Waals surface area contributed by atoms with Crippen molar-refractivity contribution >= 4 is 18.9 Å². The minimum Gasteiger partial charge on any atom is -0.376 e. The molecule has 0 aliphatic rings. The number of rotatable bonds is 4. The van der Waals surface area contributed by atoms with Gasteiger partial charge in [0.05, 0.1) is 0 Å². The number of aliphatic hydroxyl groups excluding tert-OH is 1. The normalized spacial score (nSPS) is 14.4. The van der Waals surface area contributed by atoms with Gasteiger partial charge < -0.3 is 14.2 Å². The maximum absolute atomic E-state index is 11.7. The van der Waals surface area contributed by atoms with Crippen molar-refractivity contribution in [3.63, 3.8) is 0 Å². The zero-order valence-electron chi connectivity index (χ0n) is 7.34. The molecule has 1 rings (SSSR count). The molecular formula is C7H11O4PS. The Labute approximate surface area is 80.7 Å². The molecule has 0 saturated carbocycles. The van der Waals surface area contributed by atoms with Crippen molar-refractivity contribution in [2.75, 3.05) is 14.2 Å². The van der Waals surface area contributed by atoms with Crippen molar-refractivity contribution in [1.29, 1.82) is 0 Å². The Hall–Kier alpha value is -0.190. The highest BCUT2D eigenvalue weighted by molar-refractivity contribution is 7.54. The van der Waals surface area contributed by atoms with Crippen LogP contribution in [0.1, 0.15) is 10.7 Å². The topological polar surface area (TPSA) is 55.8 Å². The van der Waals surface area contributed by atoms with Gasteiger partial charge in [-0.3, -0.25) is 4.57 Å². The second-order valence-electron chi connectivity index (χ2n) is 2.29. The average Bonchev–Trinajstić information content (AvgIpc) is 2.68. The van der Waals surface area contributed by atoms with E-state index in [-0.39, 0.29) is 0 Å². The fourth-order valence-corrected chi connectivity index (χ4v) is 2.98. The van der Waals surface area contributed by atoms with Gasteiger partial charge in [0, 0.05) is 19.1 Å². The summed E-state index contributed by atoms with van der Waals surface area (Å²) in [5, 5.41) is 11.4. The van der Waals surface area contributed by atoms with E-state index >= 15 is 0 Å². The van der Waals surface area contributed by atoms with Gasteiger partial charge in [-0.1, -0.05) is 6.07 Å². The third-order valence-corrected chi connectivity index (χ3v) is 4.60. The molecule has 13 heavy (non-hydrogen) atoms. The maximum atomic E-state index is 11.7. The van der Waals surface area contributed by atoms with Crippen molar-refractivity contribution in [2.45, 2.75) is 5.85 Å². The van der Waals surface area contributed by atoms with Crippen LogP contribution in [-0.4, -0.2) is 19.3 Å². The van der Waals surface area contributed by atoms with Gasteiger partial charge in [-0.15, -0.1) is 11.3 Å². The molecule has 74 valence electrons. The molecule has 1 unspecified atom stereocenters. The second-order valence-corrected chi connectivity index (χ2v) is 5.57. The lowest BCUT2D eigenvalue weighted by Crippen LogP contribution is -2.00. The molecule has 0 aliphatic heterocycles. The first-order valence-corrected chi connectivity index (χ1v) is 6.06. The molecule has 0 amide bonds. The molecular weight excluding hydrogens is 211 g/mol. The predicted octanol–water partition coefficient (Wildman–Crippen LogP) is 2.22. The zero-order valence-corrected chi connectivity index (χ0v) is 9.05.